The summed E-state index contributed by atoms with van der Waals surface area (Å²) >= 11 is 12.1. The number of carbonyl (C=O) groups excluding carboxylic acids is 3. The molecule has 0 unspecified atom stereocenters. The fourth-order valence-corrected chi connectivity index (χ4v) is 7.20. The normalized spacial score (nSPS) is 19.9. The molecule has 0 atom stereocenters. The summed E-state index contributed by atoms with van der Waals surface area (Å²) in [6.45, 7) is 1.69. The highest BCUT2D eigenvalue weighted by atomic mass is 35.5. The molecule has 10 nitrogen and oxygen atoms in total. The van der Waals surface area contributed by atoms with E-state index in [0.29, 0.717) is 39.2 Å². The molecule has 244 valence electrons. The van der Waals surface area contributed by atoms with Crippen LogP contribution in [0.25, 0.3) is 0 Å². The number of carboxylic acids is 1. The molecule has 1 N–H and O–H groups in total. The van der Waals surface area contributed by atoms with E-state index in [1.807, 2.05) is 6.07 Å². The zero-order valence-corrected chi connectivity index (χ0v) is 27.4. The number of esters is 1. The summed E-state index contributed by atoms with van der Waals surface area (Å²) in [6.07, 6.45) is 9.13. The maximum absolute atomic E-state index is 13.0. The summed E-state index contributed by atoms with van der Waals surface area (Å²) < 4.78 is 5.04. The fraction of sp³-hybridized carbons (Fsp3) is 0.471. The number of ether oxygens (including phenoxy) is 1. The molecule has 0 radical (unpaired) electrons. The van der Waals surface area contributed by atoms with Crippen LogP contribution in [-0.2, 0) is 23.9 Å². The monoisotopic (exact) mass is 668 g/mol. The molecule has 2 aromatic rings. The number of aliphatic imine (C=N–C) groups is 2. The molecule has 2 saturated carbocycles. The first-order valence-electron chi connectivity index (χ1n) is 15.8. The first-order chi connectivity index (χ1) is 22.1. The van der Waals surface area contributed by atoms with Gasteiger partial charge in [-0.05, 0) is 82.6 Å². The Hall–Kier alpha value is -3.76. The molecule has 0 aromatic heterocycles. The molecule has 0 bridgehead atoms. The van der Waals surface area contributed by atoms with Crippen LogP contribution in [0.2, 0.25) is 10.0 Å². The lowest BCUT2D eigenvalue weighted by Crippen LogP contribution is -2.50. The zero-order chi connectivity index (χ0) is 32.9. The summed E-state index contributed by atoms with van der Waals surface area (Å²) in [6, 6.07) is 14.1. The second kappa shape index (κ2) is 14.3. The third-order valence-corrected chi connectivity index (χ3v) is 9.40. The predicted molar refractivity (Wildman–Crippen MR) is 175 cm³/mol. The van der Waals surface area contributed by atoms with Crippen molar-refractivity contribution in [3.05, 3.63) is 69.7 Å². The molecule has 46 heavy (non-hydrogen) atoms. The molecule has 2 aromatic carbocycles. The number of rotatable bonds is 7. The Morgan fingerprint density at radius 1 is 0.761 bits per heavy atom. The first kappa shape index (κ1) is 33.6. The second-order valence-electron chi connectivity index (χ2n) is 12.0. The van der Waals surface area contributed by atoms with E-state index in [4.69, 9.17) is 38.0 Å². The Morgan fingerprint density at radius 3 is 1.59 bits per heavy atom. The molecule has 12 heteroatoms. The number of carboxylic acid groups (broad SMARTS) is 1. The standard InChI is InChI=1S/C18H21ClN2O3.C16H17ClN2O3/c1-2-24-15(22)12-21-17(23)16(13-7-6-8-14(19)11-13)20-18(21)9-4-3-5-10-18;17-12-6-4-5-11(9-12)14-15(22)19(10-13(20)21)16(18-14)7-2-1-3-8-16/h6-8,11H,2-5,9-10,12H2,1H3;4-6,9H,1-3,7-8,10H2,(H,20,21). The number of hydrogen-bond donors (Lipinski definition) is 1. The van der Waals surface area contributed by atoms with Gasteiger partial charge in [-0.2, -0.15) is 0 Å². The maximum Gasteiger partial charge on any atom is 0.325 e. The van der Waals surface area contributed by atoms with Crippen molar-refractivity contribution in [2.24, 2.45) is 9.98 Å². The molecule has 2 amide bonds. The third-order valence-electron chi connectivity index (χ3n) is 8.93. The van der Waals surface area contributed by atoms with Crippen molar-refractivity contribution in [1.29, 1.82) is 0 Å². The molecular formula is C34H38Cl2N4O6. The van der Waals surface area contributed by atoms with Crippen LogP contribution in [0.5, 0.6) is 0 Å². The largest absolute Gasteiger partial charge is 0.480 e. The van der Waals surface area contributed by atoms with Gasteiger partial charge in [0.05, 0.1) is 6.61 Å². The van der Waals surface area contributed by atoms with Crippen LogP contribution in [0.4, 0.5) is 0 Å². The highest BCUT2D eigenvalue weighted by Gasteiger charge is 2.49. The highest BCUT2D eigenvalue weighted by molar-refractivity contribution is 6.48. The Bertz CT molecular complexity index is 1560. The van der Waals surface area contributed by atoms with E-state index >= 15 is 0 Å². The van der Waals surface area contributed by atoms with Crippen LogP contribution < -0.4 is 0 Å². The lowest BCUT2D eigenvalue weighted by Gasteiger charge is -2.38. The minimum absolute atomic E-state index is 0.0553. The summed E-state index contributed by atoms with van der Waals surface area (Å²) in [5.41, 5.74) is 0.763. The Morgan fingerprint density at radius 2 is 1.20 bits per heavy atom. The predicted octanol–water partition coefficient (Wildman–Crippen LogP) is 5.91. The van der Waals surface area contributed by atoms with Crippen LogP contribution in [0.15, 0.2) is 58.5 Å². The van der Waals surface area contributed by atoms with Gasteiger partial charge in [0.15, 0.2) is 0 Å². The molecule has 4 aliphatic rings. The number of hydrogen-bond acceptors (Lipinski definition) is 7. The second-order valence-corrected chi connectivity index (χ2v) is 12.9. The molecule has 2 spiro atoms. The van der Waals surface area contributed by atoms with Crippen molar-refractivity contribution < 1.29 is 29.0 Å². The van der Waals surface area contributed by atoms with Gasteiger partial charge in [-0.3, -0.25) is 29.2 Å². The average molecular weight is 670 g/mol. The number of benzene rings is 2. The molecular weight excluding hydrogens is 631 g/mol. The number of nitrogens with zero attached hydrogens (tertiary/aromatic N) is 4. The van der Waals surface area contributed by atoms with Gasteiger partial charge in [0.25, 0.3) is 11.8 Å². The van der Waals surface area contributed by atoms with E-state index in [9.17, 15) is 19.2 Å². The van der Waals surface area contributed by atoms with Gasteiger partial charge < -0.3 is 19.6 Å². The Labute approximate surface area is 278 Å². The van der Waals surface area contributed by atoms with Crippen molar-refractivity contribution in [2.45, 2.75) is 82.5 Å². The van der Waals surface area contributed by atoms with Crippen molar-refractivity contribution in [1.82, 2.24) is 9.80 Å². The van der Waals surface area contributed by atoms with Crippen molar-refractivity contribution >= 4 is 58.4 Å². The minimum atomic E-state index is -1.01. The van der Waals surface area contributed by atoms with Gasteiger partial charge in [-0.1, -0.05) is 60.3 Å². The summed E-state index contributed by atoms with van der Waals surface area (Å²) in [4.78, 5) is 61.3. The quantitative estimate of drug-likeness (QED) is 0.365. The number of amides is 2. The van der Waals surface area contributed by atoms with Crippen LogP contribution >= 0.6 is 23.2 Å². The topological polar surface area (TPSA) is 129 Å². The fourth-order valence-electron chi connectivity index (χ4n) is 6.82. The molecule has 2 fully saturated rings. The number of aliphatic carboxylic acids is 1. The Kier molecular flexibility index (Phi) is 10.5. The number of halogens is 2. The van der Waals surface area contributed by atoms with E-state index in [1.54, 1.807) is 54.3 Å². The summed E-state index contributed by atoms with van der Waals surface area (Å²) in [7, 11) is 0. The van der Waals surface area contributed by atoms with Gasteiger partial charge >= 0.3 is 11.9 Å². The molecule has 2 aliphatic heterocycles. The molecule has 0 saturated heterocycles. The van der Waals surface area contributed by atoms with E-state index in [-0.39, 0.29) is 24.9 Å². The Balaban J connectivity index is 0.000000182. The van der Waals surface area contributed by atoms with Gasteiger partial charge in [-0.25, -0.2) is 0 Å². The average Bonchev–Trinajstić information content (AvgIpc) is 3.44. The molecule has 2 aliphatic carbocycles. The minimum Gasteiger partial charge on any atom is -0.480 e. The van der Waals surface area contributed by atoms with Gasteiger partial charge in [0, 0.05) is 21.2 Å². The zero-order valence-electron chi connectivity index (χ0n) is 25.8. The van der Waals surface area contributed by atoms with E-state index in [2.05, 4.69) is 4.99 Å². The van der Waals surface area contributed by atoms with Crippen molar-refractivity contribution in [3.63, 3.8) is 0 Å². The number of carbonyl (C=O) groups is 4. The van der Waals surface area contributed by atoms with Gasteiger partial charge in [0.1, 0.15) is 35.8 Å². The lowest BCUT2D eigenvalue weighted by molar-refractivity contribution is -0.150. The smallest absolute Gasteiger partial charge is 0.325 e. The van der Waals surface area contributed by atoms with Crippen LogP contribution in [0, 0.1) is 0 Å². The summed E-state index contributed by atoms with van der Waals surface area (Å²) in [5.74, 6) is -1.93. The van der Waals surface area contributed by atoms with Crippen LogP contribution in [0.1, 0.15) is 82.3 Å². The van der Waals surface area contributed by atoms with E-state index in [1.165, 1.54) is 4.90 Å². The van der Waals surface area contributed by atoms with Crippen LogP contribution in [-0.4, -0.2) is 81.1 Å². The SMILES string of the molecule is CCOC(=O)CN1C(=O)C(c2cccc(Cl)c2)=NC12CCCCC2.O=C(O)CN1C(=O)C(c2cccc(Cl)c2)=NC12CCCCC2. The maximum atomic E-state index is 13.0. The molecule has 2 heterocycles. The third kappa shape index (κ3) is 7.13. The van der Waals surface area contributed by atoms with Crippen LogP contribution in [0.3, 0.4) is 0 Å². The summed E-state index contributed by atoms with van der Waals surface area (Å²) in [5, 5.41) is 10.2. The van der Waals surface area contributed by atoms with E-state index < -0.39 is 23.3 Å². The highest BCUT2D eigenvalue weighted by Crippen LogP contribution is 2.41. The van der Waals surface area contributed by atoms with E-state index in [0.717, 1.165) is 64.2 Å². The lowest BCUT2D eigenvalue weighted by atomic mass is 9.88. The first-order valence-corrected chi connectivity index (χ1v) is 16.6. The van der Waals surface area contributed by atoms with Gasteiger partial charge in [-0.15, -0.1) is 0 Å². The van der Waals surface area contributed by atoms with Crippen molar-refractivity contribution in [3.8, 4) is 0 Å². The van der Waals surface area contributed by atoms with Crippen molar-refractivity contribution in [2.75, 3.05) is 19.7 Å². The van der Waals surface area contributed by atoms with Gasteiger partial charge in [0.2, 0.25) is 0 Å². The molecule has 6 rings (SSSR count).